The lowest BCUT2D eigenvalue weighted by atomic mass is 10.1. The van der Waals surface area contributed by atoms with Crippen molar-refractivity contribution in [2.45, 2.75) is 31.3 Å². The van der Waals surface area contributed by atoms with Crippen LogP contribution >= 0.6 is 0 Å². The number of benzene rings is 2. The molecule has 1 fully saturated rings. The van der Waals surface area contributed by atoms with E-state index in [4.69, 9.17) is 9.47 Å². The molecule has 4 rings (SSSR count). The molecule has 0 aliphatic carbocycles. The number of ether oxygens (including phenoxy) is 2. The quantitative estimate of drug-likeness (QED) is 0.462. The summed E-state index contributed by atoms with van der Waals surface area (Å²) in [4.78, 5) is 25.9. The molecule has 1 atom stereocenters. The van der Waals surface area contributed by atoms with Gasteiger partial charge < -0.3 is 14.4 Å². The predicted octanol–water partition coefficient (Wildman–Crippen LogP) is 2.77. The maximum Gasteiger partial charge on any atom is 0.246 e. The summed E-state index contributed by atoms with van der Waals surface area (Å²) in [6, 6.07) is 9.73. The molecule has 0 radical (unpaired) electrons. The molecular weight excluding hydrogens is 456 g/mol. The zero-order valence-electron chi connectivity index (χ0n) is 19.5. The largest absolute Gasteiger partial charge is 0.496 e. The van der Waals surface area contributed by atoms with Gasteiger partial charge in [0, 0.05) is 55.4 Å². The van der Waals surface area contributed by atoms with Crippen LogP contribution < -0.4 is 9.47 Å². The maximum atomic E-state index is 12.9. The molecule has 1 saturated heterocycles. The average molecular weight is 485 g/mol. The van der Waals surface area contributed by atoms with Crippen LogP contribution in [0.15, 0.2) is 47.4 Å². The first kappa shape index (κ1) is 24.0. The number of fused-ring (bicyclic) bond motifs is 1. The minimum atomic E-state index is -3.69. The van der Waals surface area contributed by atoms with Crippen LogP contribution in [0.2, 0.25) is 0 Å². The molecule has 0 N–H and O–H groups in total. The number of carbonyl (C=O) groups is 2. The van der Waals surface area contributed by atoms with E-state index in [1.54, 1.807) is 18.1 Å². The Labute approximate surface area is 199 Å². The Balaban J connectivity index is 1.40. The Morgan fingerprint density at radius 1 is 1.09 bits per heavy atom. The molecule has 0 saturated carbocycles. The van der Waals surface area contributed by atoms with E-state index in [1.807, 2.05) is 19.1 Å². The number of sulfonamides is 1. The second-order valence-electron chi connectivity index (χ2n) is 8.48. The van der Waals surface area contributed by atoms with E-state index in [-0.39, 0.29) is 48.9 Å². The van der Waals surface area contributed by atoms with Crippen molar-refractivity contribution in [1.82, 2.24) is 9.21 Å². The fourth-order valence-electron chi connectivity index (χ4n) is 4.19. The molecule has 2 aliphatic heterocycles. The summed E-state index contributed by atoms with van der Waals surface area (Å²) in [7, 11) is -2.10. The highest BCUT2D eigenvalue weighted by atomic mass is 32.2. The predicted molar refractivity (Wildman–Crippen MR) is 128 cm³/mol. The first-order chi connectivity index (χ1) is 16.2. The minimum absolute atomic E-state index is 0.111. The van der Waals surface area contributed by atoms with Crippen molar-refractivity contribution in [3.8, 4) is 11.5 Å². The number of carbonyl (C=O) groups excluding carboxylic acids is 2. The van der Waals surface area contributed by atoms with Crippen molar-refractivity contribution >= 4 is 27.8 Å². The third-order valence-electron chi connectivity index (χ3n) is 6.10. The monoisotopic (exact) mass is 484 g/mol. The van der Waals surface area contributed by atoms with Crippen molar-refractivity contribution in [2.75, 3.05) is 33.3 Å². The van der Waals surface area contributed by atoms with Gasteiger partial charge in [0.2, 0.25) is 15.9 Å². The molecule has 2 aliphatic rings. The third-order valence-corrected chi connectivity index (χ3v) is 8.02. The number of nitrogens with zero attached hydrogens (tertiary/aromatic N) is 2. The Bertz CT molecular complexity index is 1230. The Kier molecular flexibility index (Phi) is 6.77. The molecule has 8 nitrogen and oxygen atoms in total. The number of hydrogen-bond acceptors (Lipinski definition) is 6. The normalized spacial score (nSPS) is 18.6. The lowest BCUT2D eigenvalue weighted by Crippen LogP contribution is -2.50. The maximum absolute atomic E-state index is 12.9. The van der Waals surface area contributed by atoms with E-state index in [2.05, 4.69) is 0 Å². The van der Waals surface area contributed by atoms with Gasteiger partial charge in [-0.2, -0.15) is 4.31 Å². The highest BCUT2D eigenvalue weighted by molar-refractivity contribution is 7.89. The van der Waals surface area contributed by atoms with Crippen LogP contribution in [-0.4, -0.2) is 68.7 Å². The van der Waals surface area contributed by atoms with Crippen LogP contribution in [0.5, 0.6) is 11.5 Å². The molecule has 0 spiro atoms. The molecule has 2 heterocycles. The molecule has 0 aromatic heterocycles. The zero-order chi connectivity index (χ0) is 24.5. The standard InChI is InChI=1S/C25H28N2O6S/c1-17-14-21-16-23(32-3)20(15-24(21)33-17)6-9-25(29)26-10-12-27(13-11-26)34(30,31)22-7-4-19(5-8-22)18(2)28/h4-9,15-17H,10-14H2,1-3H3/b9-6+. The van der Waals surface area contributed by atoms with Gasteiger partial charge in [0.05, 0.1) is 12.0 Å². The van der Waals surface area contributed by atoms with E-state index in [0.717, 1.165) is 23.3 Å². The van der Waals surface area contributed by atoms with Gasteiger partial charge in [-0.15, -0.1) is 0 Å². The van der Waals surface area contributed by atoms with Gasteiger partial charge in [-0.3, -0.25) is 9.59 Å². The molecule has 34 heavy (non-hydrogen) atoms. The van der Waals surface area contributed by atoms with Gasteiger partial charge in [0.15, 0.2) is 5.78 Å². The van der Waals surface area contributed by atoms with Gasteiger partial charge >= 0.3 is 0 Å². The summed E-state index contributed by atoms with van der Waals surface area (Å²) in [6.07, 6.45) is 4.11. The third kappa shape index (κ3) is 4.85. The van der Waals surface area contributed by atoms with Crippen LogP contribution in [0.4, 0.5) is 0 Å². The summed E-state index contributed by atoms with van der Waals surface area (Å²) in [5.74, 6) is 1.16. The van der Waals surface area contributed by atoms with Crippen molar-refractivity contribution in [3.05, 3.63) is 59.2 Å². The number of amides is 1. The van der Waals surface area contributed by atoms with Gasteiger partial charge in [-0.05, 0) is 44.2 Å². The van der Waals surface area contributed by atoms with Gasteiger partial charge in [0.1, 0.15) is 17.6 Å². The number of rotatable bonds is 6. The second-order valence-corrected chi connectivity index (χ2v) is 10.4. The summed E-state index contributed by atoms with van der Waals surface area (Å²) >= 11 is 0. The van der Waals surface area contributed by atoms with Crippen LogP contribution in [0.1, 0.15) is 35.3 Å². The Hall–Kier alpha value is -3.17. The molecule has 2 aromatic carbocycles. The average Bonchev–Trinajstić information content (AvgIpc) is 3.20. The Morgan fingerprint density at radius 3 is 2.38 bits per heavy atom. The van der Waals surface area contributed by atoms with E-state index in [1.165, 1.54) is 41.6 Å². The summed E-state index contributed by atoms with van der Waals surface area (Å²) < 4.78 is 38.5. The second kappa shape index (κ2) is 9.60. The zero-order valence-corrected chi connectivity index (χ0v) is 20.3. The highest BCUT2D eigenvalue weighted by Crippen LogP contribution is 2.35. The van der Waals surface area contributed by atoms with Crippen LogP contribution in [-0.2, 0) is 21.2 Å². The van der Waals surface area contributed by atoms with Gasteiger partial charge in [-0.25, -0.2) is 8.42 Å². The van der Waals surface area contributed by atoms with Gasteiger partial charge in [0.25, 0.3) is 0 Å². The Morgan fingerprint density at radius 2 is 1.76 bits per heavy atom. The first-order valence-electron chi connectivity index (χ1n) is 11.1. The first-order valence-corrected chi connectivity index (χ1v) is 12.6. The van der Waals surface area contributed by atoms with E-state index < -0.39 is 10.0 Å². The molecule has 1 amide bonds. The van der Waals surface area contributed by atoms with E-state index >= 15 is 0 Å². The van der Waals surface area contributed by atoms with Crippen molar-refractivity contribution in [3.63, 3.8) is 0 Å². The fraction of sp³-hybridized carbons (Fsp3) is 0.360. The summed E-state index contributed by atoms with van der Waals surface area (Å²) in [6.45, 7) is 4.41. The molecule has 9 heteroatoms. The molecule has 180 valence electrons. The van der Waals surface area contributed by atoms with Crippen LogP contribution in [0, 0.1) is 0 Å². The number of methoxy groups -OCH3 is 1. The molecule has 2 aromatic rings. The topological polar surface area (TPSA) is 93.2 Å². The summed E-state index contributed by atoms with van der Waals surface area (Å²) in [5, 5.41) is 0. The number of hydrogen-bond donors (Lipinski definition) is 0. The molecule has 0 bridgehead atoms. The smallest absolute Gasteiger partial charge is 0.246 e. The number of piperazine rings is 1. The van der Waals surface area contributed by atoms with E-state index in [9.17, 15) is 18.0 Å². The lowest BCUT2D eigenvalue weighted by Gasteiger charge is -2.33. The van der Waals surface area contributed by atoms with Crippen molar-refractivity contribution in [2.24, 2.45) is 0 Å². The van der Waals surface area contributed by atoms with Gasteiger partial charge in [-0.1, -0.05) is 12.1 Å². The molecular formula is C25H28N2O6S. The number of Topliss-reactive ketones (excluding diaryl/α,β-unsaturated/α-hetero) is 1. The van der Waals surface area contributed by atoms with Crippen LogP contribution in [0.3, 0.4) is 0 Å². The number of ketones is 1. The SMILES string of the molecule is COc1cc2c(cc1/C=C/C(=O)N1CCN(S(=O)(=O)c3ccc(C(C)=O)cc3)CC1)OC(C)C2. The molecule has 1 unspecified atom stereocenters. The van der Waals surface area contributed by atoms with Crippen molar-refractivity contribution < 1.29 is 27.5 Å². The minimum Gasteiger partial charge on any atom is -0.496 e. The lowest BCUT2D eigenvalue weighted by molar-refractivity contribution is -0.127. The van der Waals surface area contributed by atoms with Crippen molar-refractivity contribution in [1.29, 1.82) is 0 Å². The fourth-order valence-corrected chi connectivity index (χ4v) is 5.61. The van der Waals surface area contributed by atoms with Crippen LogP contribution in [0.25, 0.3) is 6.08 Å². The van der Waals surface area contributed by atoms with E-state index in [0.29, 0.717) is 11.3 Å². The summed E-state index contributed by atoms with van der Waals surface area (Å²) in [5.41, 5.74) is 2.29. The highest BCUT2D eigenvalue weighted by Gasteiger charge is 2.29.